The molecule has 0 saturated carbocycles. The maximum atomic E-state index is 10.0. The quantitative estimate of drug-likeness (QED) is 0.743. The first-order valence-electron chi connectivity index (χ1n) is 6.70. The van der Waals surface area contributed by atoms with Gasteiger partial charge in [0.2, 0.25) is 0 Å². The van der Waals surface area contributed by atoms with Crippen LogP contribution in [-0.2, 0) is 0 Å². The van der Waals surface area contributed by atoms with Gasteiger partial charge in [-0.1, -0.05) is 0 Å². The number of hydrogen-bond acceptors (Lipinski definition) is 4. The molecular weight excluding hydrogens is 214 g/mol. The topological polar surface area (TPSA) is 61.8 Å². The molecule has 17 heavy (non-hydrogen) atoms. The molecule has 0 aromatic carbocycles. The third-order valence-electron chi connectivity index (χ3n) is 4.27. The SMILES string of the molecule is CC(C)(O)C1CCN(C2CCN=C[C@H]2N)CC1. The lowest BCUT2D eigenvalue weighted by Gasteiger charge is -2.43. The van der Waals surface area contributed by atoms with E-state index in [1.807, 2.05) is 20.1 Å². The standard InChI is InChI=1S/C13H25N3O/c1-13(2,17)10-4-7-16(8-5-10)12-3-6-15-9-11(12)14/h9-12,17H,3-8,14H2,1-2H3/t11-,12?/m1/s1. The molecule has 98 valence electrons. The van der Waals surface area contributed by atoms with Crippen LogP contribution in [0.25, 0.3) is 0 Å². The molecule has 2 aliphatic heterocycles. The summed E-state index contributed by atoms with van der Waals surface area (Å²) in [6.07, 6.45) is 5.12. The predicted octanol–water partition coefficient (Wildman–Crippen LogP) is 0.640. The van der Waals surface area contributed by atoms with E-state index in [1.165, 1.54) is 0 Å². The Labute approximate surface area is 104 Å². The highest BCUT2D eigenvalue weighted by Crippen LogP contribution is 2.29. The Hall–Kier alpha value is -0.450. The minimum absolute atomic E-state index is 0.0856. The van der Waals surface area contributed by atoms with Gasteiger partial charge in [-0.05, 0) is 52.1 Å². The zero-order chi connectivity index (χ0) is 12.5. The van der Waals surface area contributed by atoms with Gasteiger partial charge < -0.3 is 10.8 Å². The van der Waals surface area contributed by atoms with Crippen LogP contribution in [0.5, 0.6) is 0 Å². The lowest BCUT2D eigenvalue weighted by Crippen LogP contribution is -2.54. The van der Waals surface area contributed by atoms with E-state index in [0.29, 0.717) is 12.0 Å². The van der Waals surface area contributed by atoms with Crippen LogP contribution in [0.4, 0.5) is 0 Å². The monoisotopic (exact) mass is 239 g/mol. The number of rotatable bonds is 2. The van der Waals surface area contributed by atoms with Gasteiger partial charge in [-0.15, -0.1) is 0 Å². The van der Waals surface area contributed by atoms with Gasteiger partial charge in [-0.3, -0.25) is 9.89 Å². The molecule has 1 unspecified atom stereocenters. The van der Waals surface area contributed by atoms with Crippen molar-refractivity contribution in [2.24, 2.45) is 16.6 Å². The first-order valence-corrected chi connectivity index (χ1v) is 6.70. The van der Waals surface area contributed by atoms with E-state index in [1.54, 1.807) is 0 Å². The molecule has 4 heteroatoms. The van der Waals surface area contributed by atoms with Gasteiger partial charge in [-0.2, -0.15) is 0 Å². The van der Waals surface area contributed by atoms with Gasteiger partial charge in [0.1, 0.15) is 0 Å². The van der Waals surface area contributed by atoms with Crippen molar-refractivity contribution >= 4 is 6.21 Å². The van der Waals surface area contributed by atoms with Crippen molar-refractivity contribution in [3.05, 3.63) is 0 Å². The van der Waals surface area contributed by atoms with Crippen LogP contribution >= 0.6 is 0 Å². The third kappa shape index (κ3) is 3.06. The van der Waals surface area contributed by atoms with Crippen LogP contribution in [0.3, 0.4) is 0 Å². The average Bonchev–Trinajstić information content (AvgIpc) is 2.29. The van der Waals surface area contributed by atoms with E-state index in [4.69, 9.17) is 5.73 Å². The fraction of sp³-hybridized carbons (Fsp3) is 0.923. The number of aliphatic imine (C=N–C) groups is 1. The van der Waals surface area contributed by atoms with E-state index in [-0.39, 0.29) is 6.04 Å². The van der Waals surface area contributed by atoms with Crippen molar-refractivity contribution in [3.8, 4) is 0 Å². The highest BCUT2D eigenvalue weighted by atomic mass is 16.3. The molecular formula is C13H25N3O. The zero-order valence-electron chi connectivity index (χ0n) is 11.0. The average molecular weight is 239 g/mol. The second kappa shape index (κ2) is 5.04. The smallest absolute Gasteiger partial charge is 0.0620 e. The minimum atomic E-state index is -0.539. The van der Waals surface area contributed by atoms with Crippen LogP contribution in [0.2, 0.25) is 0 Å². The van der Waals surface area contributed by atoms with Crippen molar-refractivity contribution < 1.29 is 5.11 Å². The first kappa shape index (κ1) is 13.0. The summed E-state index contributed by atoms with van der Waals surface area (Å²) >= 11 is 0. The first-order chi connectivity index (χ1) is 7.98. The maximum Gasteiger partial charge on any atom is 0.0620 e. The van der Waals surface area contributed by atoms with Crippen molar-refractivity contribution in [2.75, 3.05) is 19.6 Å². The van der Waals surface area contributed by atoms with E-state index < -0.39 is 5.60 Å². The predicted molar refractivity (Wildman–Crippen MR) is 70.3 cm³/mol. The number of aliphatic hydroxyl groups is 1. The summed E-state index contributed by atoms with van der Waals surface area (Å²) in [4.78, 5) is 6.72. The number of piperidine rings is 1. The van der Waals surface area contributed by atoms with Gasteiger partial charge in [0.25, 0.3) is 0 Å². The molecule has 2 aliphatic rings. The molecule has 0 aromatic heterocycles. The molecule has 0 aliphatic carbocycles. The summed E-state index contributed by atoms with van der Waals surface area (Å²) < 4.78 is 0. The minimum Gasteiger partial charge on any atom is -0.390 e. The number of likely N-dealkylation sites (tertiary alicyclic amines) is 1. The molecule has 4 nitrogen and oxygen atoms in total. The molecule has 0 aromatic rings. The second-order valence-corrected chi connectivity index (χ2v) is 5.95. The normalized spacial score (nSPS) is 32.9. The van der Waals surface area contributed by atoms with Crippen molar-refractivity contribution in [2.45, 2.75) is 50.8 Å². The van der Waals surface area contributed by atoms with Gasteiger partial charge in [0.15, 0.2) is 0 Å². The van der Waals surface area contributed by atoms with Gasteiger partial charge in [-0.25, -0.2) is 0 Å². The molecule has 3 N–H and O–H groups in total. The summed E-state index contributed by atoms with van der Waals surface area (Å²) in [5.74, 6) is 0.423. The fourth-order valence-corrected chi connectivity index (χ4v) is 3.06. The van der Waals surface area contributed by atoms with Crippen molar-refractivity contribution in [1.29, 1.82) is 0 Å². The lowest BCUT2D eigenvalue weighted by atomic mass is 9.82. The van der Waals surface area contributed by atoms with Crippen LogP contribution < -0.4 is 5.73 Å². The number of nitrogens with zero attached hydrogens (tertiary/aromatic N) is 2. The lowest BCUT2D eigenvalue weighted by molar-refractivity contribution is -0.0198. The Morgan fingerprint density at radius 1 is 1.29 bits per heavy atom. The summed E-state index contributed by atoms with van der Waals surface area (Å²) in [5.41, 5.74) is 5.55. The largest absolute Gasteiger partial charge is 0.390 e. The Balaban J connectivity index is 1.89. The van der Waals surface area contributed by atoms with Crippen LogP contribution in [0.15, 0.2) is 4.99 Å². The maximum absolute atomic E-state index is 10.0. The summed E-state index contributed by atoms with van der Waals surface area (Å²) in [7, 11) is 0. The number of hydrogen-bond donors (Lipinski definition) is 2. The Morgan fingerprint density at radius 2 is 1.94 bits per heavy atom. The second-order valence-electron chi connectivity index (χ2n) is 5.95. The summed E-state index contributed by atoms with van der Waals surface area (Å²) in [6.45, 7) is 6.87. The highest BCUT2D eigenvalue weighted by Gasteiger charge is 2.34. The summed E-state index contributed by atoms with van der Waals surface area (Å²) in [6, 6.07) is 0.540. The van der Waals surface area contributed by atoms with Crippen LogP contribution in [-0.4, -0.2) is 53.5 Å². The van der Waals surface area contributed by atoms with Gasteiger partial charge >= 0.3 is 0 Å². The van der Waals surface area contributed by atoms with Crippen molar-refractivity contribution in [1.82, 2.24) is 4.90 Å². The molecule has 0 bridgehead atoms. The molecule has 2 rings (SSSR count). The number of nitrogens with two attached hydrogens (primary N) is 1. The van der Waals surface area contributed by atoms with Crippen LogP contribution in [0, 0.1) is 5.92 Å². The molecule has 2 atom stereocenters. The van der Waals surface area contributed by atoms with Gasteiger partial charge in [0, 0.05) is 18.8 Å². The molecule has 0 amide bonds. The summed E-state index contributed by atoms with van der Waals surface area (Å²) in [5, 5.41) is 10.0. The van der Waals surface area contributed by atoms with E-state index in [9.17, 15) is 5.11 Å². The fourth-order valence-electron chi connectivity index (χ4n) is 3.06. The van der Waals surface area contributed by atoms with Crippen LogP contribution in [0.1, 0.15) is 33.1 Å². The molecule has 0 radical (unpaired) electrons. The Kier molecular flexibility index (Phi) is 3.85. The molecule has 0 spiro atoms. The van der Waals surface area contributed by atoms with E-state index in [0.717, 1.165) is 38.9 Å². The molecule has 1 fully saturated rings. The van der Waals surface area contributed by atoms with E-state index in [2.05, 4.69) is 9.89 Å². The van der Waals surface area contributed by atoms with E-state index >= 15 is 0 Å². The highest BCUT2D eigenvalue weighted by molar-refractivity contribution is 5.66. The molecule has 1 saturated heterocycles. The Bertz CT molecular complexity index is 277. The van der Waals surface area contributed by atoms with Crippen molar-refractivity contribution in [3.63, 3.8) is 0 Å². The molecule has 2 heterocycles. The Morgan fingerprint density at radius 3 is 2.47 bits per heavy atom. The van der Waals surface area contributed by atoms with Gasteiger partial charge in [0.05, 0.1) is 11.6 Å². The third-order valence-corrected chi connectivity index (χ3v) is 4.27. The zero-order valence-corrected chi connectivity index (χ0v) is 11.0.